The lowest BCUT2D eigenvalue weighted by atomic mass is 9.52. The second-order valence-corrected chi connectivity index (χ2v) is 7.25. The molecule has 0 aliphatic rings. The fraction of sp³-hybridized carbons (Fsp3) is 0.231. The second-order valence-electron chi connectivity index (χ2n) is 7.25. The van der Waals surface area contributed by atoms with Crippen LogP contribution >= 0.6 is 0 Å². The van der Waals surface area contributed by atoms with Gasteiger partial charge in [0.15, 0.2) is 5.41 Å². The van der Waals surface area contributed by atoms with Gasteiger partial charge in [0, 0.05) is 5.56 Å². The molecule has 3 rings (SSSR count). The Morgan fingerprint density at radius 2 is 1.32 bits per heavy atom. The van der Waals surface area contributed by atoms with Crippen LogP contribution in [-0.4, -0.2) is 23.7 Å². The third-order valence-corrected chi connectivity index (χ3v) is 5.85. The largest absolute Gasteiger partial charge is 0.480 e. The zero-order valence-corrected chi connectivity index (χ0v) is 17.5. The van der Waals surface area contributed by atoms with Gasteiger partial charge in [0.2, 0.25) is 0 Å². The number of aliphatic carboxylic acids is 1. The van der Waals surface area contributed by atoms with Crippen molar-refractivity contribution in [1.82, 2.24) is 0 Å². The number of rotatable bonds is 8. The number of benzene rings is 3. The van der Waals surface area contributed by atoms with Crippen LogP contribution in [0.15, 0.2) is 84.9 Å². The van der Waals surface area contributed by atoms with E-state index < -0.39 is 28.6 Å². The van der Waals surface area contributed by atoms with E-state index in [0.29, 0.717) is 11.1 Å². The van der Waals surface area contributed by atoms with Crippen molar-refractivity contribution in [2.24, 2.45) is 5.41 Å². The highest BCUT2D eigenvalue weighted by molar-refractivity contribution is 6.03. The van der Waals surface area contributed by atoms with E-state index in [0.717, 1.165) is 0 Å². The van der Waals surface area contributed by atoms with Gasteiger partial charge in [0.05, 0.1) is 12.0 Å². The van der Waals surface area contributed by atoms with Gasteiger partial charge in [0.25, 0.3) is 0 Å². The van der Waals surface area contributed by atoms with E-state index in [-0.39, 0.29) is 18.6 Å². The highest BCUT2D eigenvalue weighted by Crippen LogP contribution is 2.55. The Labute approximate surface area is 181 Å². The summed E-state index contributed by atoms with van der Waals surface area (Å²) in [7, 11) is 0. The molecule has 31 heavy (non-hydrogen) atoms. The van der Waals surface area contributed by atoms with E-state index in [1.807, 2.05) is 0 Å². The molecule has 0 radical (unpaired) electrons. The molecule has 0 fully saturated rings. The molecule has 0 bridgehead atoms. The molecule has 5 heteroatoms. The first kappa shape index (κ1) is 22.2. The van der Waals surface area contributed by atoms with Crippen LogP contribution in [0.2, 0.25) is 0 Å². The zero-order chi connectivity index (χ0) is 22.5. The molecule has 3 aromatic rings. The van der Waals surface area contributed by atoms with E-state index in [1.54, 1.807) is 92.7 Å². The summed E-state index contributed by atoms with van der Waals surface area (Å²) < 4.78 is 20.8. The number of carboxylic acid groups (broad SMARTS) is 1. The molecule has 1 atom stereocenters. The average Bonchev–Trinajstić information content (AvgIpc) is 2.79. The quantitative estimate of drug-likeness (QED) is 0.309. The molecule has 0 spiro atoms. The Kier molecular flexibility index (Phi) is 6.54. The number of carboxylic acids is 1. The first-order chi connectivity index (χ1) is 15.0. The molecule has 4 nitrogen and oxygen atoms in total. The van der Waals surface area contributed by atoms with Crippen molar-refractivity contribution in [2.75, 3.05) is 6.61 Å². The molecule has 1 N–H and O–H groups in total. The zero-order valence-electron chi connectivity index (χ0n) is 17.5. The molecule has 0 aromatic heterocycles. The average molecular weight is 420 g/mol. The SMILES string of the molecule is CCOC(=O)C(CC)(C(=O)O)C(c1ccccc1)(c1ccccc1)c1ccccc1F. The van der Waals surface area contributed by atoms with Gasteiger partial charge in [0.1, 0.15) is 5.82 Å². The third kappa shape index (κ3) is 3.40. The third-order valence-electron chi connectivity index (χ3n) is 5.85. The van der Waals surface area contributed by atoms with Crippen molar-refractivity contribution < 1.29 is 23.8 Å². The van der Waals surface area contributed by atoms with Crippen molar-refractivity contribution in [3.8, 4) is 0 Å². The van der Waals surface area contributed by atoms with E-state index in [2.05, 4.69) is 0 Å². The lowest BCUT2D eigenvalue weighted by molar-refractivity contribution is -0.173. The normalized spacial score (nSPS) is 13.3. The van der Waals surface area contributed by atoms with Crippen molar-refractivity contribution in [2.45, 2.75) is 25.7 Å². The Morgan fingerprint density at radius 1 is 0.839 bits per heavy atom. The number of carbonyl (C=O) groups is 2. The fourth-order valence-electron chi connectivity index (χ4n) is 4.56. The van der Waals surface area contributed by atoms with Crippen LogP contribution in [0, 0.1) is 11.2 Å². The molecule has 0 saturated heterocycles. The van der Waals surface area contributed by atoms with Crippen LogP contribution in [0.3, 0.4) is 0 Å². The molecule has 0 saturated carbocycles. The number of halogens is 1. The first-order valence-electron chi connectivity index (χ1n) is 10.2. The van der Waals surface area contributed by atoms with E-state index in [9.17, 15) is 14.7 Å². The van der Waals surface area contributed by atoms with Gasteiger partial charge in [-0.2, -0.15) is 0 Å². The van der Waals surface area contributed by atoms with Gasteiger partial charge in [-0.25, -0.2) is 4.39 Å². The minimum absolute atomic E-state index is 0.00476. The number of hydrogen-bond donors (Lipinski definition) is 1. The molecular weight excluding hydrogens is 395 g/mol. The molecule has 0 aliphatic carbocycles. The van der Waals surface area contributed by atoms with Crippen molar-refractivity contribution >= 4 is 11.9 Å². The Hall–Kier alpha value is -3.47. The molecule has 3 aromatic carbocycles. The van der Waals surface area contributed by atoms with Crippen LogP contribution < -0.4 is 0 Å². The molecule has 0 amide bonds. The lowest BCUT2D eigenvalue weighted by Gasteiger charge is -2.47. The lowest BCUT2D eigenvalue weighted by Crippen LogP contribution is -2.58. The topological polar surface area (TPSA) is 63.6 Å². The highest BCUT2D eigenvalue weighted by Gasteiger charge is 2.65. The molecule has 160 valence electrons. The van der Waals surface area contributed by atoms with Gasteiger partial charge < -0.3 is 9.84 Å². The maximum Gasteiger partial charge on any atom is 0.325 e. The number of hydrogen-bond acceptors (Lipinski definition) is 3. The number of carbonyl (C=O) groups excluding carboxylic acids is 1. The standard InChI is InChI=1S/C26H25FO4/c1-3-25(23(28)29,24(30)31-4-2)26(19-13-7-5-8-14-19,20-15-9-6-10-16-20)21-17-11-12-18-22(21)27/h5-18H,3-4H2,1-2H3,(H,28,29). The van der Waals surface area contributed by atoms with Gasteiger partial charge in [-0.15, -0.1) is 0 Å². The van der Waals surface area contributed by atoms with Crippen LogP contribution in [0.4, 0.5) is 4.39 Å². The van der Waals surface area contributed by atoms with E-state index in [1.165, 1.54) is 6.07 Å². The monoisotopic (exact) mass is 420 g/mol. The van der Waals surface area contributed by atoms with E-state index >= 15 is 4.39 Å². The minimum Gasteiger partial charge on any atom is -0.480 e. The van der Waals surface area contributed by atoms with Gasteiger partial charge in [-0.05, 0) is 30.5 Å². The first-order valence-corrected chi connectivity index (χ1v) is 10.2. The summed E-state index contributed by atoms with van der Waals surface area (Å²) in [5.74, 6) is -2.87. The van der Waals surface area contributed by atoms with Crippen LogP contribution in [0.5, 0.6) is 0 Å². The Balaban J connectivity index is 2.62. The van der Waals surface area contributed by atoms with Crippen LogP contribution in [0.1, 0.15) is 37.0 Å². The summed E-state index contributed by atoms with van der Waals surface area (Å²) in [6, 6.07) is 23.5. The fourth-order valence-corrected chi connectivity index (χ4v) is 4.56. The van der Waals surface area contributed by atoms with Crippen molar-refractivity contribution in [3.63, 3.8) is 0 Å². The number of ether oxygens (including phenoxy) is 1. The summed E-state index contributed by atoms with van der Waals surface area (Å²) >= 11 is 0. The predicted molar refractivity (Wildman–Crippen MR) is 116 cm³/mol. The summed E-state index contributed by atoms with van der Waals surface area (Å²) in [6.45, 7) is 3.24. The van der Waals surface area contributed by atoms with Gasteiger partial charge in [-0.1, -0.05) is 85.8 Å². The molecule has 1 unspecified atom stereocenters. The van der Waals surface area contributed by atoms with Crippen LogP contribution in [0.25, 0.3) is 0 Å². The van der Waals surface area contributed by atoms with E-state index in [4.69, 9.17) is 4.74 Å². The van der Waals surface area contributed by atoms with Gasteiger partial charge in [-0.3, -0.25) is 9.59 Å². The summed E-state index contributed by atoms with van der Waals surface area (Å²) in [6.07, 6.45) is -0.112. The Bertz CT molecular complexity index is 1010. The molecule has 0 heterocycles. The molecular formula is C26H25FO4. The minimum atomic E-state index is -2.12. The molecule has 0 aliphatic heterocycles. The highest BCUT2D eigenvalue weighted by atomic mass is 19.1. The predicted octanol–water partition coefficient (Wildman–Crippen LogP) is 5.20. The summed E-state index contributed by atoms with van der Waals surface area (Å²) in [5, 5.41) is 10.6. The summed E-state index contributed by atoms with van der Waals surface area (Å²) in [5.41, 5.74) is -2.71. The maximum absolute atomic E-state index is 15.5. The number of esters is 1. The smallest absolute Gasteiger partial charge is 0.325 e. The van der Waals surface area contributed by atoms with Crippen molar-refractivity contribution in [1.29, 1.82) is 0 Å². The van der Waals surface area contributed by atoms with Gasteiger partial charge >= 0.3 is 11.9 Å². The summed E-state index contributed by atoms with van der Waals surface area (Å²) in [4.78, 5) is 26.5. The maximum atomic E-state index is 15.5. The second kappa shape index (κ2) is 9.13. The Morgan fingerprint density at radius 3 is 1.74 bits per heavy atom. The van der Waals surface area contributed by atoms with Crippen LogP contribution in [-0.2, 0) is 19.7 Å². The van der Waals surface area contributed by atoms with Crippen molar-refractivity contribution in [3.05, 3.63) is 107 Å².